The number of likely N-dealkylation sites (N-methyl/N-ethyl adjacent to an activating group) is 1. The highest BCUT2D eigenvalue weighted by Gasteiger charge is 2.38. The molecule has 1 unspecified atom stereocenters. The molecule has 6 nitrogen and oxygen atoms in total. The molecule has 0 N–H and O–H groups in total. The van der Waals surface area contributed by atoms with Crippen molar-refractivity contribution in [1.29, 1.82) is 0 Å². The lowest BCUT2D eigenvalue weighted by Gasteiger charge is -2.35. The summed E-state index contributed by atoms with van der Waals surface area (Å²) in [4.78, 5) is 31.5. The third kappa shape index (κ3) is 3.83. The minimum absolute atomic E-state index is 0.114. The Morgan fingerprint density at radius 3 is 2.55 bits per heavy atom. The number of allylic oxidation sites excluding steroid dienone is 1. The highest BCUT2D eigenvalue weighted by molar-refractivity contribution is 5.94. The SMILES string of the molecule is CN1/C(=C\C(=O)CN2CCN(C(=O)C3CCCO3)CC2)C(C)(C)c2ccccc21. The van der Waals surface area contributed by atoms with E-state index in [1.165, 1.54) is 5.56 Å². The number of anilines is 1. The quantitative estimate of drug-likeness (QED) is 0.729. The Balaban J connectivity index is 1.35. The molecule has 6 heteroatoms. The van der Waals surface area contributed by atoms with Crippen LogP contribution >= 0.6 is 0 Å². The second-order valence-corrected chi connectivity index (χ2v) is 8.80. The second-order valence-electron chi connectivity index (χ2n) is 8.80. The number of hydrogen-bond donors (Lipinski definition) is 0. The fourth-order valence-corrected chi connectivity index (χ4v) is 4.78. The van der Waals surface area contributed by atoms with Gasteiger partial charge >= 0.3 is 0 Å². The lowest BCUT2D eigenvalue weighted by molar-refractivity contribution is -0.142. The number of amides is 1. The Morgan fingerprint density at radius 1 is 1.17 bits per heavy atom. The molecule has 1 aromatic carbocycles. The fourth-order valence-electron chi connectivity index (χ4n) is 4.78. The van der Waals surface area contributed by atoms with Crippen LogP contribution in [0.4, 0.5) is 5.69 Å². The van der Waals surface area contributed by atoms with Gasteiger partial charge in [-0.05, 0) is 24.5 Å². The first-order valence-electron chi connectivity index (χ1n) is 10.6. The third-order valence-electron chi connectivity index (χ3n) is 6.51. The van der Waals surface area contributed by atoms with Crippen LogP contribution in [0, 0.1) is 0 Å². The maximum atomic E-state index is 12.8. The molecule has 2 saturated heterocycles. The van der Waals surface area contributed by atoms with Crippen LogP contribution < -0.4 is 4.90 Å². The van der Waals surface area contributed by atoms with E-state index >= 15 is 0 Å². The van der Waals surface area contributed by atoms with Gasteiger partial charge in [-0.25, -0.2) is 0 Å². The van der Waals surface area contributed by atoms with Gasteiger partial charge in [-0.2, -0.15) is 0 Å². The summed E-state index contributed by atoms with van der Waals surface area (Å²) in [6.07, 6.45) is 3.35. The minimum Gasteiger partial charge on any atom is -0.368 e. The van der Waals surface area contributed by atoms with Crippen molar-refractivity contribution in [1.82, 2.24) is 9.80 Å². The van der Waals surface area contributed by atoms with E-state index in [2.05, 4.69) is 41.8 Å². The van der Waals surface area contributed by atoms with Gasteiger partial charge in [-0.3, -0.25) is 14.5 Å². The van der Waals surface area contributed by atoms with Crippen molar-refractivity contribution < 1.29 is 14.3 Å². The second kappa shape index (κ2) is 7.92. The summed E-state index contributed by atoms with van der Waals surface area (Å²) in [6, 6.07) is 8.33. The Bertz CT molecular complexity index is 818. The standard InChI is InChI=1S/C23H31N3O3/c1-23(2)18-7-4-5-8-19(18)24(3)21(23)15-17(27)16-25-10-12-26(13-11-25)22(28)20-9-6-14-29-20/h4-5,7-8,15,20H,6,9-14,16H2,1-3H3/b21-15-. The zero-order valence-corrected chi connectivity index (χ0v) is 17.7. The van der Waals surface area contributed by atoms with Crippen molar-refractivity contribution in [3.63, 3.8) is 0 Å². The van der Waals surface area contributed by atoms with Crippen LogP contribution in [0.15, 0.2) is 36.0 Å². The van der Waals surface area contributed by atoms with Gasteiger partial charge in [0.25, 0.3) is 5.91 Å². The number of ketones is 1. The number of carbonyl (C=O) groups excluding carboxylic acids is 2. The molecule has 3 aliphatic heterocycles. The van der Waals surface area contributed by atoms with Crippen molar-refractivity contribution in [2.45, 2.75) is 38.2 Å². The topological polar surface area (TPSA) is 53.1 Å². The average molecular weight is 398 g/mol. The zero-order chi connectivity index (χ0) is 20.6. The number of ether oxygens (including phenoxy) is 1. The largest absolute Gasteiger partial charge is 0.368 e. The van der Waals surface area contributed by atoms with Gasteiger partial charge in [0.15, 0.2) is 5.78 Å². The van der Waals surface area contributed by atoms with Crippen molar-refractivity contribution >= 4 is 17.4 Å². The van der Waals surface area contributed by atoms with E-state index in [0.29, 0.717) is 26.2 Å². The first kappa shape index (κ1) is 20.1. The van der Waals surface area contributed by atoms with Gasteiger partial charge in [-0.1, -0.05) is 32.0 Å². The van der Waals surface area contributed by atoms with E-state index in [9.17, 15) is 9.59 Å². The molecule has 0 aromatic heterocycles. The Kier molecular flexibility index (Phi) is 5.49. The van der Waals surface area contributed by atoms with Gasteiger partial charge in [-0.15, -0.1) is 0 Å². The van der Waals surface area contributed by atoms with Gasteiger partial charge in [0, 0.05) is 62.7 Å². The van der Waals surface area contributed by atoms with E-state index in [1.54, 1.807) is 0 Å². The number of carbonyl (C=O) groups is 2. The van der Waals surface area contributed by atoms with Crippen LogP contribution in [0.25, 0.3) is 0 Å². The lowest BCUT2D eigenvalue weighted by Crippen LogP contribution is -2.52. The molecule has 0 saturated carbocycles. The molecular formula is C23H31N3O3. The summed E-state index contributed by atoms with van der Waals surface area (Å²) in [5.74, 6) is 0.231. The van der Waals surface area contributed by atoms with Crippen LogP contribution in [0.3, 0.4) is 0 Å². The minimum atomic E-state index is -0.255. The molecule has 0 bridgehead atoms. The van der Waals surface area contributed by atoms with Crippen LogP contribution in [0.2, 0.25) is 0 Å². The summed E-state index contributed by atoms with van der Waals surface area (Å²) in [7, 11) is 2.03. The van der Waals surface area contributed by atoms with E-state index in [1.807, 2.05) is 24.1 Å². The van der Waals surface area contributed by atoms with Gasteiger partial charge < -0.3 is 14.5 Å². The number of hydrogen-bond acceptors (Lipinski definition) is 5. The number of benzene rings is 1. The molecule has 1 atom stereocenters. The number of piperazine rings is 1. The molecule has 1 amide bonds. The normalized spacial score (nSPS) is 25.5. The molecule has 0 aliphatic carbocycles. The summed E-state index contributed by atoms with van der Waals surface area (Å²) < 4.78 is 5.52. The highest BCUT2D eigenvalue weighted by atomic mass is 16.5. The number of rotatable bonds is 4. The number of para-hydroxylation sites is 1. The van der Waals surface area contributed by atoms with Crippen LogP contribution in [0.1, 0.15) is 32.3 Å². The Morgan fingerprint density at radius 2 is 1.90 bits per heavy atom. The van der Waals surface area contributed by atoms with Crippen LogP contribution in [-0.4, -0.2) is 74.0 Å². The number of nitrogens with zero attached hydrogens (tertiary/aromatic N) is 3. The van der Waals surface area contributed by atoms with E-state index in [4.69, 9.17) is 4.74 Å². The summed E-state index contributed by atoms with van der Waals surface area (Å²) in [5.41, 5.74) is 3.27. The van der Waals surface area contributed by atoms with Crippen molar-refractivity contribution in [3.05, 3.63) is 41.6 Å². The van der Waals surface area contributed by atoms with Crippen molar-refractivity contribution in [2.24, 2.45) is 0 Å². The monoisotopic (exact) mass is 397 g/mol. The molecule has 156 valence electrons. The summed E-state index contributed by atoms with van der Waals surface area (Å²) in [6.45, 7) is 8.21. The predicted molar refractivity (Wildman–Crippen MR) is 113 cm³/mol. The van der Waals surface area contributed by atoms with E-state index in [-0.39, 0.29) is 23.2 Å². The molecule has 1 aromatic rings. The van der Waals surface area contributed by atoms with Gasteiger partial charge in [0.1, 0.15) is 6.10 Å². The lowest BCUT2D eigenvalue weighted by atomic mass is 9.83. The highest BCUT2D eigenvalue weighted by Crippen LogP contribution is 2.46. The first-order valence-corrected chi connectivity index (χ1v) is 10.6. The van der Waals surface area contributed by atoms with Crippen LogP contribution in [-0.2, 0) is 19.7 Å². The fraction of sp³-hybridized carbons (Fsp3) is 0.565. The van der Waals surface area contributed by atoms with E-state index < -0.39 is 0 Å². The van der Waals surface area contributed by atoms with Crippen molar-refractivity contribution in [2.75, 3.05) is 51.3 Å². The molecule has 3 aliphatic rings. The molecule has 3 heterocycles. The molecule has 29 heavy (non-hydrogen) atoms. The molecular weight excluding hydrogens is 366 g/mol. The summed E-state index contributed by atoms with van der Waals surface area (Å²) >= 11 is 0. The Labute approximate surface area is 173 Å². The maximum absolute atomic E-state index is 12.8. The van der Waals surface area contributed by atoms with Crippen LogP contribution in [0.5, 0.6) is 0 Å². The molecule has 2 fully saturated rings. The van der Waals surface area contributed by atoms with Crippen molar-refractivity contribution in [3.8, 4) is 0 Å². The average Bonchev–Trinajstić information content (AvgIpc) is 3.31. The molecule has 4 rings (SSSR count). The summed E-state index contributed by atoms with van der Waals surface area (Å²) in [5, 5.41) is 0. The van der Waals surface area contributed by atoms with E-state index in [0.717, 1.165) is 37.3 Å². The van der Waals surface area contributed by atoms with Gasteiger partial charge in [0.2, 0.25) is 0 Å². The molecule has 0 radical (unpaired) electrons. The zero-order valence-electron chi connectivity index (χ0n) is 17.7. The van der Waals surface area contributed by atoms with Gasteiger partial charge in [0.05, 0.1) is 6.54 Å². The Hall–Kier alpha value is -2.18. The molecule has 0 spiro atoms. The first-order chi connectivity index (χ1) is 13.9. The third-order valence-corrected chi connectivity index (χ3v) is 6.51. The predicted octanol–water partition coefficient (Wildman–Crippen LogP) is 2.19. The number of fused-ring (bicyclic) bond motifs is 1. The smallest absolute Gasteiger partial charge is 0.251 e. The maximum Gasteiger partial charge on any atom is 0.251 e.